The van der Waals surface area contributed by atoms with Crippen molar-refractivity contribution in [1.29, 1.82) is 0 Å². The van der Waals surface area contributed by atoms with Crippen molar-refractivity contribution in [2.45, 2.75) is 32.3 Å². The zero-order valence-corrected chi connectivity index (χ0v) is 15.6. The normalized spacial score (nSPS) is 17.5. The summed E-state index contributed by atoms with van der Waals surface area (Å²) in [5.74, 6) is -1.83. The van der Waals surface area contributed by atoms with E-state index < -0.39 is 39.7 Å². The van der Waals surface area contributed by atoms with E-state index in [-0.39, 0.29) is 13.1 Å². The number of amides is 1. The van der Waals surface area contributed by atoms with E-state index in [4.69, 9.17) is 4.74 Å². The summed E-state index contributed by atoms with van der Waals surface area (Å²) < 4.78 is 42.6. The Balaban J connectivity index is 1.89. The highest BCUT2D eigenvalue weighted by atomic mass is 32.2. The van der Waals surface area contributed by atoms with Crippen LogP contribution in [0.1, 0.15) is 26.2 Å². The number of esters is 1. The molecule has 1 N–H and O–H groups in total. The molecule has 1 aliphatic heterocycles. The molecule has 1 amide bonds. The molecule has 0 spiro atoms. The first-order valence-corrected chi connectivity index (χ1v) is 10.3. The quantitative estimate of drug-likeness (QED) is 0.752. The van der Waals surface area contributed by atoms with Crippen molar-refractivity contribution in [3.8, 4) is 0 Å². The van der Waals surface area contributed by atoms with Gasteiger partial charge < -0.3 is 10.1 Å². The van der Waals surface area contributed by atoms with Crippen molar-refractivity contribution in [2.24, 2.45) is 5.92 Å². The van der Waals surface area contributed by atoms with Crippen LogP contribution in [0.15, 0.2) is 24.3 Å². The van der Waals surface area contributed by atoms with Crippen molar-refractivity contribution in [1.82, 2.24) is 4.31 Å². The zero-order chi connectivity index (χ0) is 19.3. The number of benzene rings is 1. The van der Waals surface area contributed by atoms with Crippen molar-refractivity contribution < 1.29 is 27.1 Å². The fraction of sp³-hybridized carbons (Fsp3) is 0.529. The number of hydrogen-bond donors (Lipinski definition) is 1. The summed E-state index contributed by atoms with van der Waals surface area (Å²) in [7, 11) is -3.26. The molecule has 1 atom stereocenters. The SMILES string of the molecule is CC[C@@H](OC(=O)C1CCN(S(C)(=O)=O)CC1)C(=O)Nc1ccc(F)cc1. The van der Waals surface area contributed by atoms with Crippen LogP contribution in [0.3, 0.4) is 0 Å². The molecular formula is C17H23FN2O5S. The lowest BCUT2D eigenvalue weighted by molar-refractivity contribution is -0.159. The van der Waals surface area contributed by atoms with Gasteiger partial charge in [-0.2, -0.15) is 0 Å². The minimum Gasteiger partial charge on any atom is -0.452 e. The first-order chi connectivity index (χ1) is 12.2. The summed E-state index contributed by atoms with van der Waals surface area (Å²) in [4.78, 5) is 24.6. The van der Waals surface area contributed by atoms with Gasteiger partial charge in [-0.05, 0) is 43.5 Å². The first kappa shape index (κ1) is 20.3. The molecule has 1 aromatic rings. The number of anilines is 1. The van der Waals surface area contributed by atoms with Crippen LogP contribution in [0.4, 0.5) is 10.1 Å². The zero-order valence-electron chi connectivity index (χ0n) is 14.8. The number of carbonyl (C=O) groups is 2. The number of carbonyl (C=O) groups excluding carboxylic acids is 2. The average Bonchev–Trinajstić information content (AvgIpc) is 2.60. The Hall–Kier alpha value is -2.00. The minimum atomic E-state index is -3.26. The number of rotatable bonds is 6. The van der Waals surface area contributed by atoms with Gasteiger partial charge in [-0.15, -0.1) is 0 Å². The van der Waals surface area contributed by atoms with Crippen molar-refractivity contribution in [2.75, 3.05) is 24.7 Å². The molecule has 7 nitrogen and oxygen atoms in total. The number of hydrogen-bond acceptors (Lipinski definition) is 5. The molecule has 0 radical (unpaired) electrons. The van der Waals surface area contributed by atoms with Gasteiger partial charge in [0, 0.05) is 18.8 Å². The van der Waals surface area contributed by atoms with E-state index in [1.165, 1.54) is 28.6 Å². The van der Waals surface area contributed by atoms with E-state index in [0.717, 1.165) is 6.26 Å². The fourth-order valence-electron chi connectivity index (χ4n) is 2.74. The lowest BCUT2D eigenvalue weighted by Gasteiger charge is -2.29. The Morgan fingerprint density at radius 3 is 2.35 bits per heavy atom. The molecule has 0 aromatic heterocycles. The smallest absolute Gasteiger partial charge is 0.309 e. The van der Waals surface area contributed by atoms with E-state index in [1.807, 2.05) is 0 Å². The Labute approximate surface area is 152 Å². The highest BCUT2D eigenvalue weighted by molar-refractivity contribution is 7.88. The van der Waals surface area contributed by atoms with E-state index in [2.05, 4.69) is 5.32 Å². The summed E-state index contributed by atoms with van der Waals surface area (Å²) in [6, 6.07) is 5.28. The summed E-state index contributed by atoms with van der Waals surface area (Å²) in [6.45, 7) is 2.24. The monoisotopic (exact) mass is 386 g/mol. The maximum absolute atomic E-state index is 12.9. The molecular weight excluding hydrogens is 363 g/mol. The number of halogens is 1. The predicted molar refractivity (Wildman–Crippen MR) is 94.3 cm³/mol. The van der Waals surface area contributed by atoms with Crippen LogP contribution in [0.25, 0.3) is 0 Å². The van der Waals surface area contributed by atoms with Gasteiger partial charge in [0.15, 0.2) is 6.10 Å². The van der Waals surface area contributed by atoms with Gasteiger partial charge in [0.1, 0.15) is 5.82 Å². The topological polar surface area (TPSA) is 92.8 Å². The molecule has 1 aromatic carbocycles. The molecule has 26 heavy (non-hydrogen) atoms. The third kappa shape index (κ3) is 5.50. The standard InChI is InChI=1S/C17H23FN2O5S/c1-3-15(16(21)19-14-6-4-13(18)5-7-14)25-17(22)12-8-10-20(11-9-12)26(2,23)24/h4-7,12,15H,3,8-11H2,1-2H3,(H,19,21)/t15-/m1/s1. The van der Waals surface area contributed by atoms with Crippen LogP contribution < -0.4 is 5.32 Å². The van der Waals surface area contributed by atoms with Crippen molar-refractivity contribution in [3.05, 3.63) is 30.1 Å². The molecule has 0 bridgehead atoms. The molecule has 1 saturated heterocycles. The Morgan fingerprint density at radius 1 is 1.27 bits per heavy atom. The lowest BCUT2D eigenvalue weighted by atomic mass is 9.98. The summed E-state index contributed by atoms with van der Waals surface area (Å²) in [5, 5.41) is 2.59. The largest absolute Gasteiger partial charge is 0.452 e. The highest BCUT2D eigenvalue weighted by Gasteiger charge is 2.32. The number of nitrogens with zero attached hydrogens (tertiary/aromatic N) is 1. The minimum absolute atomic E-state index is 0.261. The Bertz CT molecular complexity index is 743. The molecule has 0 unspecified atom stereocenters. The first-order valence-electron chi connectivity index (χ1n) is 8.42. The summed E-state index contributed by atoms with van der Waals surface area (Å²) in [5.41, 5.74) is 0.410. The molecule has 144 valence electrons. The molecule has 9 heteroatoms. The average molecular weight is 386 g/mol. The van der Waals surface area contributed by atoms with E-state index in [1.54, 1.807) is 6.92 Å². The van der Waals surface area contributed by atoms with E-state index in [9.17, 15) is 22.4 Å². The number of ether oxygens (including phenoxy) is 1. The second kappa shape index (κ2) is 8.59. The van der Waals surface area contributed by atoms with Gasteiger partial charge in [-0.3, -0.25) is 9.59 Å². The van der Waals surface area contributed by atoms with Gasteiger partial charge >= 0.3 is 5.97 Å². The van der Waals surface area contributed by atoms with Gasteiger partial charge in [-0.25, -0.2) is 17.1 Å². The third-order valence-corrected chi connectivity index (χ3v) is 5.59. The van der Waals surface area contributed by atoms with Crippen LogP contribution in [0.2, 0.25) is 0 Å². The molecule has 2 rings (SSSR count). The maximum Gasteiger partial charge on any atom is 0.309 e. The highest BCUT2D eigenvalue weighted by Crippen LogP contribution is 2.21. The number of piperidine rings is 1. The van der Waals surface area contributed by atoms with Crippen LogP contribution in [-0.4, -0.2) is 50.0 Å². The fourth-order valence-corrected chi connectivity index (χ4v) is 3.61. The van der Waals surface area contributed by atoms with E-state index in [0.29, 0.717) is 24.9 Å². The molecule has 1 fully saturated rings. The third-order valence-electron chi connectivity index (χ3n) is 4.29. The van der Waals surface area contributed by atoms with Gasteiger partial charge in [0.25, 0.3) is 5.91 Å². The number of nitrogens with one attached hydrogen (secondary N) is 1. The predicted octanol–water partition coefficient (Wildman–Crippen LogP) is 1.76. The van der Waals surface area contributed by atoms with Crippen molar-refractivity contribution >= 4 is 27.6 Å². The van der Waals surface area contributed by atoms with E-state index >= 15 is 0 Å². The number of sulfonamides is 1. The summed E-state index contributed by atoms with van der Waals surface area (Å²) >= 11 is 0. The lowest BCUT2D eigenvalue weighted by Crippen LogP contribution is -2.41. The molecule has 0 aliphatic carbocycles. The molecule has 1 aliphatic rings. The summed E-state index contributed by atoms with van der Waals surface area (Å²) in [6.07, 6.45) is 1.20. The molecule has 0 saturated carbocycles. The van der Waals surface area contributed by atoms with Gasteiger partial charge in [-0.1, -0.05) is 6.92 Å². The molecule has 1 heterocycles. The van der Waals surface area contributed by atoms with Gasteiger partial charge in [0.05, 0.1) is 12.2 Å². The van der Waals surface area contributed by atoms with Crippen molar-refractivity contribution in [3.63, 3.8) is 0 Å². The van der Waals surface area contributed by atoms with Crippen LogP contribution in [0, 0.1) is 11.7 Å². The second-order valence-electron chi connectivity index (χ2n) is 6.27. The maximum atomic E-state index is 12.9. The Morgan fingerprint density at radius 2 is 1.85 bits per heavy atom. The second-order valence-corrected chi connectivity index (χ2v) is 8.25. The Kier molecular flexibility index (Phi) is 6.71. The van der Waals surface area contributed by atoms with Crippen LogP contribution in [-0.2, 0) is 24.3 Å². The van der Waals surface area contributed by atoms with Crippen LogP contribution >= 0.6 is 0 Å². The van der Waals surface area contributed by atoms with Gasteiger partial charge in [0.2, 0.25) is 10.0 Å². The van der Waals surface area contributed by atoms with Crippen LogP contribution in [0.5, 0.6) is 0 Å².